The van der Waals surface area contributed by atoms with Gasteiger partial charge in [-0.3, -0.25) is 0 Å². The molecule has 1 nitrogen and oxygen atoms in total. The van der Waals surface area contributed by atoms with Crippen LogP contribution in [0.1, 0.15) is 27.2 Å². The van der Waals surface area contributed by atoms with Crippen LogP contribution < -0.4 is 5.32 Å². The van der Waals surface area contributed by atoms with Crippen LogP contribution in [0.4, 0.5) is 0 Å². The van der Waals surface area contributed by atoms with E-state index in [-0.39, 0.29) is 5.54 Å². The molecule has 0 aromatic heterocycles. The molecule has 0 aromatic rings. The van der Waals surface area contributed by atoms with E-state index in [1.807, 2.05) is 0 Å². The molecule has 0 bridgehead atoms. The molecule has 3 heteroatoms. The highest BCUT2D eigenvalue weighted by Gasteiger charge is 2.13. The zero-order valence-electron chi connectivity index (χ0n) is 7.25. The predicted octanol–water partition coefficient (Wildman–Crippen LogP) is 3.08. The molecule has 0 unspecified atom stereocenters. The maximum atomic E-state index is 5.69. The fourth-order valence-corrected chi connectivity index (χ4v) is 0.631. The first kappa shape index (κ1) is 11.3. The Morgan fingerprint density at radius 1 is 1.55 bits per heavy atom. The zero-order chi connectivity index (χ0) is 8.91. The fraction of sp³-hybridized carbons (Fsp3) is 0.750. The normalized spacial score (nSPS) is 13.7. The van der Waals surface area contributed by atoms with Crippen LogP contribution >= 0.6 is 23.2 Å². The van der Waals surface area contributed by atoms with Gasteiger partial charge in [-0.1, -0.05) is 30.1 Å². The maximum absolute atomic E-state index is 5.69. The summed E-state index contributed by atoms with van der Waals surface area (Å²) >= 11 is 11.1. The summed E-state index contributed by atoms with van der Waals surface area (Å²) < 4.78 is 0. The molecular formula is C8H15Cl2N. The molecule has 0 aliphatic carbocycles. The van der Waals surface area contributed by atoms with Gasteiger partial charge in [0.05, 0.1) is 0 Å². The van der Waals surface area contributed by atoms with E-state index in [2.05, 4.69) is 26.1 Å². The van der Waals surface area contributed by atoms with Gasteiger partial charge in [0.1, 0.15) is 0 Å². The molecule has 0 spiro atoms. The topological polar surface area (TPSA) is 12.0 Å². The van der Waals surface area contributed by atoms with Crippen molar-refractivity contribution in [1.29, 1.82) is 0 Å². The Hall–Kier alpha value is 0.280. The van der Waals surface area contributed by atoms with Crippen LogP contribution in [0, 0.1) is 0 Å². The number of hydrogen-bond donors (Lipinski definition) is 1. The third-order valence-corrected chi connectivity index (χ3v) is 2.36. The molecule has 0 saturated heterocycles. The summed E-state index contributed by atoms with van der Waals surface area (Å²) in [7, 11) is 0. The van der Waals surface area contributed by atoms with Crippen LogP contribution in [0.25, 0.3) is 0 Å². The lowest BCUT2D eigenvalue weighted by Gasteiger charge is -2.24. The van der Waals surface area contributed by atoms with Gasteiger partial charge in [0.25, 0.3) is 0 Å². The molecule has 0 aliphatic heterocycles. The van der Waals surface area contributed by atoms with Crippen molar-refractivity contribution in [3.05, 3.63) is 10.6 Å². The Kier molecular flexibility index (Phi) is 5.15. The van der Waals surface area contributed by atoms with E-state index in [9.17, 15) is 0 Å². The smallest absolute Gasteiger partial charge is 0.0432 e. The molecule has 0 aromatic carbocycles. The van der Waals surface area contributed by atoms with Gasteiger partial charge >= 0.3 is 0 Å². The summed E-state index contributed by atoms with van der Waals surface area (Å²) in [6, 6.07) is 0. The molecular weight excluding hydrogens is 181 g/mol. The van der Waals surface area contributed by atoms with Gasteiger partial charge in [0, 0.05) is 22.7 Å². The standard InChI is InChI=1S/C8H15Cl2N/c1-4-8(2,3)11-6-7(10)5-9/h5,11H,4,6H2,1-3H3/b7-5-. The zero-order valence-corrected chi connectivity index (χ0v) is 8.76. The third-order valence-electron chi connectivity index (χ3n) is 1.74. The lowest BCUT2D eigenvalue weighted by atomic mass is 10.0. The van der Waals surface area contributed by atoms with Crippen molar-refractivity contribution in [2.45, 2.75) is 32.7 Å². The van der Waals surface area contributed by atoms with Crippen molar-refractivity contribution in [1.82, 2.24) is 5.32 Å². The fourth-order valence-electron chi connectivity index (χ4n) is 0.487. The van der Waals surface area contributed by atoms with Crippen molar-refractivity contribution in [2.24, 2.45) is 0 Å². The highest BCUT2D eigenvalue weighted by molar-refractivity contribution is 6.36. The molecule has 0 fully saturated rings. The van der Waals surface area contributed by atoms with E-state index >= 15 is 0 Å². The average Bonchev–Trinajstić information content (AvgIpc) is 2.00. The van der Waals surface area contributed by atoms with Crippen molar-refractivity contribution in [2.75, 3.05) is 6.54 Å². The Morgan fingerprint density at radius 3 is 2.45 bits per heavy atom. The van der Waals surface area contributed by atoms with Gasteiger partial charge in [0.2, 0.25) is 0 Å². The lowest BCUT2D eigenvalue weighted by molar-refractivity contribution is 0.393. The van der Waals surface area contributed by atoms with Gasteiger partial charge < -0.3 is 5.32 Å². The first-order valence-corrected chi connectivity index (χ1v) is 4.53. The minimum atomic E-state index is 0.139. The minimum Gasteiger partial charge on any atom is -0.307 e. The summed E-state index contributed by atoms with van der Waals surface area (Å²) in [5.74, 6) is 0. The summed E-state index contributed by atoms with van der Waals surface area (Å²) in [5.41, 5.74) is 1.53. The maximum Gasteiger partial charge on any atom is 0.0432 e. The van der Waals surface area contributed by atoms with Crippen LogP contribution in [0.2, 0.25) is 0 Å². The largest absolute Gasteiger partial charge is 0.307 e. The van der Waals surface area contributed by atoms with Gasteiger partial charge in [0.15, 0.2) is 0 Å². The number of nitrogens with one attached hydrogen (secondary N) is 1. The first-order chi connectivity index (χ1) is 5.02. The Morgan fingerprint density at radius 2 is 2.09 bits per heavy atom. The second-order valence-corrected chi connectivity index (χ2v) is 3.85. The SMILES string of the molecule is CCC(C)(C)NC/C(Cl)=C/Cl. The number of rotatable bonds is 4. The van der Waals surface area contributed by atoms with Crippen molar-refractivity contribution >= 4 is 23.2 Å². The molecule has 0 atom stereocenters. The van der Waals surface area contributed by atoms with Crippen LogP contribution in [0.15, 0.2) is 10.6 Å². The van der Waals surface area contributed by atoms with E-state index < -0.39 is 0 Å². The molecule has 11 heavy (non-hydrogen) atoms. The summed E-state index contributed by atoms with van der Waals surface area (Å²) in [5, 5.41) is 3.92. The molecule has 0 radical (unpaired) electrons. The highest BCUT2D eigenvalue weighted by Crippen LogP contribution is 2.09. The summed E-state index contributed by atoms with van der Waals surface area (Å²) in [4.78, 5) is 0. The Bertz CT molecular complexity index is 141. The van der Waals surface area contributed by atoms with Gasteiger partial charge in [-0.05, 0) is 20.3 Å². The Balaban J connectivity index is 3.70. The van der Waals surface area contributed by atoms with Crippen LogP contribution in [0.5, 0.6) is 0 Å². The molecule has 66 valence electrons. The quantitative estimate of drug-likeness (QED) is 0.728. The Labute approximate surface area is 78.8 Å². The van der Waals surface area contributed by atoms with Crippen molar-refractivity contribution in [3.8, 4) is 0 Å². The molecule has 0 saturated carbocycles. The average molecular weight is 196 g/mol. The van der Waals surface area contributed by atoms with E-state index in [4.69, 9.17) is 23.2 Å². The van der Waals surface area contributed by atoms with Crippen LogP contribution in [-0.2, 0) is 0 Å². The number of halogens is 2. The molecule has 0 rings (SSSR count). The molecule has 0 aliphatic rings. The van der Waals surface area contributed by atoms with Crippen molar-refractivity contribution in [3.63, 3.8) is 0 Å². The lowest BCUT2D eigenvalue weighted by Crippen LogP contribution is -2.39. The molecule has 0 amide bonds. The van der Waals surface area contributed by atoms with E-state index in [1.165, 1.54) is 5.54 Å². The second-order valence-electron chi connectivity index (χ2n) is 3.15. The monoisotopic (exact) mass is 195 g/mol. The summed E-state index contributed by atoms with van der Waals surface area (Å²) in [6.45, 7) is 7.04. The van der Waals surface area contributed by atoms with E-state index in [0.29, 0.717) is 11.6 Å². The van der Waals surface area contributed by atoms with Gasteiger partial charge in [-0.2, -0.15) is 0 Å². The van der Waals surface area contributed by atoms with E-state index in [1.54, 1.807) is 0 Å². The predicted molar refractivity (Wildman–Crippen MR) is 52.2 cm³/mol. The highest BCUT2D eigenvalue weighted by atomic mass is 35.5. The molecule has 1 N–H and O–H groups in total. The van der Waals surface area contributed by atoms with Crippen molar-refractivity contribution < 1.29 is 0 Å². The molecule has 0 heterocycles. The van der Waals surface area contributed by atoms with Crippen LogP contribution in [-0.4, -0.2) is 12.1 Å². The second kappa shape index (κ2) is 5.02. The van der Waals surface area contributed by atoms with Gasteiger partial charge in [-0.15, -0.1) is 0 Å². The number of hydrogen-bond acceptors (Lipinski definition) is 1. The van der Waals surface area contributed by atoms with Gasteiger partial charge in [-0.25, -0.2) is 0 Å². The third kappa shape index (κ3) is 5.54. The summed E-state index contributed by atoms with van der Waals surface area (Å²) in [6.07, 6.45) is 1.07. The first-order valence-electron chi connectivity index (χ1n) is 3.71. The minimum absolute atomic E-state index is 0.139. The van der Waals surface area contributed by atoms with Crippen LogP contribution in [0.3, 0.4) is 0 Å². The van der Waals surface area contributed by atoms with E-state index in [0.717, 1.165) is 6.42 Å².